The van der Waals surface area contributed by atoms with Crippen molar-refractivity contribution in [1.82, 2.24) is 0 Å². The Bertz CT molecular complexity index is 794. The van der Waals surface area contributed by atoms with Crippen LogP contribution in [0.2, 0.25) is 0 Å². The second-order valence-corrected chi connectivity index (χ2v) is 6.50. The molecule has 1 atom stereocenters. The highest BCUT2D eigenvalue weighted by Crippen LogP contribution is 2.29. The Balaban J connectivity index is 1.92. The molecule has 0 amide bonds. The Morgan fingerprint density at radius 2 is 1.88 bits per heavy atom. The Morgan fingerprint density at radius 3 is 2.64 bits per heavy atom. The number of aromatic hydroxyl groups is 1. The number of rotatable bonds is 3. The van der Waals surface area contributed by atoms with E-state index in [0.717, 1.165) is 31.2 Å². The number of fused-ring (bicyclic) bond motifs is 1. The van der Waals surface area contributed by atoms with Crippen LogP contribution in [0.5, 0.6) is 5.75 Å². The molecule has 1 aliphatic rings. The van der Waals surface area contributed by atoms with Gasteiger partial charge in [-0.15, -0.1) is 0 Å². The van der Waals surface area contributed by atoms with E-state index in [1.807, 2.05) is 12.1 Å². The monoisotopic (exact) mass is 338 g/mol. The second kappa shape index (κ2) is 7.51. The van der Waals surface area contributed by atoms with Gasteiger partial charge in [-0.25, -0.2) is 4.79 Å². The maximum Gasteiger partial charge on any atom is 0.337 e. The van der Waals surface area contributed by atoms with Crippen molar-refractivity contribution in [2.24, 2.45) is 5.92 Å². The molecule has 0 radical (unpaired) electrons. The maximum absolute atomic E-state index is 12.9. The number of benzene rings is 2. The smallest absolute Gasteiger partial charge is 0.337 e. The standard InChI is InChI=1S/C21H22O4/c1-25-21(24)16-11-10-14-6-2-3-7-15(12-17(14)13-16)20(23)18-8-4-5-9-19(18)22/h4-5,8-11,13,15,22H,2-3,6-7,12H2,1H3. The second-order valence-electron chi connectivity index (χ2n) is 6.50. The molecule has 4 nitrogen and oxygen atoms in total. The predicted molar refractivity (Wildman–Crippen MR) is 95.0 cm³/mol. The molecule has 4 heteroatoms. The van der Waals surface area contributed by atoms with Gasteiger partial charge in [0.2, 0.25) is 0 Å². The number of hydrogen-bond acceptors (Lipinski definition) is 4. The number of phenols is 1. The van der Waals surface area contributed by atoms with Gasteiger partial charge in [0.25, 0.3) is 0 Å². The van der Waals surface area contributed by atoms with Gasteiger partial charge in [-0.3, -0.25) is 4.79 Å². The van der Waals surface area contributed by atoms with E-state index >= 15 is 0 Å². The Kier molecular flexibility index (Phi) is 5.17. The fraction of sp³-hybridized carbons (Fsp3) is 0.333. The summed E-state index contributed by atoms with van der Waals surface area (Å²) in [6.45, 7) is 0. The van der Waals surface area contributed by atoms with Crippen LogP contribution in [0.1, 0.15) is 51.1 Å². The number of hydrogen-bond donors (Lipinski definition) is 1. The third kappa shape index (κ3) is 3.73. The third-order valence-corrected chi connectivity index (χ3v) is 4.88. The summed E-state index contributed by atoms with van der Waals surface area (Å²) in [5.74, 6) is -0.568. The van der Waals surface area contributed by atoms with Crippen molar-refractivity contribution in [2.45, 2.75) is 32.1 Å². The number of carbonyl (C=O) groups excluding carboxylic acids is 2. The van der Waals surface area contributed by atoms with E-state index in [9.17, 15) is 14.7 Å². The summed E-state index contributed by atoms with van der Waals surface area (Å²) in [5, 5.41) is 10.00. The largest absolute Gasteiger partial charge is 0.507 e. The molecule has 25 heavy (non-hydrogen) atoms. The number of Topliss-reactive ketones (excluding diaryl/α,β-unsaturated/α-hetero) is 1. The summed E-state index contributed by atoms with van der Waals surface area (Å²) in [4.78, 5) is 24.7. The lowest BCUT2D eigenvalue weighted by Crippen LogP contribution is -2.20. The first kappa shape index (κ1) is 17.2. The summed E-state index contributed by atoms with van der Waals surface area (Å²) >= 11 is 0. The van der Waals surface area contributed by atoms with Gasteiger partial charge < -0.3 is 9.84 Å². The molecule has 0 fully saturated rings. The van der Waals surface area contributed by atoms with Crippen LogP contribution in [-0.4, -0.2) is 24.0 Å². The van der Waals surface area contributed by atoms with Gasteiger partial charge in [0.05, 0.1) is 18.2 Å². The van der Waals surface area contributed by atoms with Crippen LogP contribution in [0.3, 0.4) is 0 Å². The zero-order valence-electron chi connectivity index (χ0n) is 14.3. The first-order valence-electron chi connectivity index (χ1n) is 8.62. The molecular formula is C21H22O4. The number of ketones is 1. The van der Waals surface area contributed by atoms with E-state index < -0.39 is 0 Å². The molecule has 0 aliphatic heterocycles. The maximum atomic E-state index is 12.9. The minimum absolute atomic E-state index is 0.0260. The van der Waals surface area contributed by atoms with Crippen molar-refractivity contribution in [2.75, 3.05) is 7.11 Å². The zero-order valence-corrected chi connectivity index (χ0v) is 14.3. The lowest BCUT2D eigenvalue weighted by molar-refractivity contribution is 0.0600. The van der Waals surface area contributed by atoms with Crippen molar-refractivity contribution >= 4 is 11.8 Å². The first-order chi connectivity index (χ1) is 12.1. The quantitative estimate of drug-likeness (QED) is 0.680. The topological polar surface area (TPSA) is 63.6 Å². The van der Waals surface area contributed by atoms with Gasteiger partial charge in [0, 0.05) is 5.92 Å². The van der Waals surface area contributed by atoms with E-state index in [4.69, 9.17) is 4.74 Å². The van der Waals surface area contributed by atoms with Crippen molar-refractivity contribution in [3.8, 4) is 5.75 Å². The number of phenolic OH excluding ortho intramolecular Hbond substituents is 1. The number of methoxy groups -OCH3 is 1. The Morgan fingerprint density at radius 1 is 1.08 bits per heavy atom. The van der Waals surface area contributed by atoms with E-state index in [-0.39, 0.29) is 23.4 Å². The Hall–Kier alpha value is -2.62. The fourth-order valence-electron chi connectivity index (χ4n) is 3.50. The van der Waals surface area contributed by atoms with Crippen molar-refractivity contribution in [3.63, 3.8) is 0 Å². The van der Waals surface area contributed by atoms with Gasteiger partial charge >= 0.3 is 5.97 Å². The van der Waals surface area contributed by atoms with Gasteiger partial charge in [-0.1, -0.05) is 24.6 Å². The molecule has 2 aromatic rings. The molecule has 0 aromatic heterocycles. The molecule has 0 saturated heterocycles. The van der Waals surface area contributed by atoms with Crippen LogP contribution in [0.4, 0.5) is 0 Å². The van der Waals surface area contributed by atoms with E-state index in [1.54, 1.807) is 30.3 Å². The molecule has 2 aromatic carbocycles. The molecule has 1 N–H and O–H groups in total. The molecule has 1 unspecified atom stereocenters. The average Bonchev–Trinajstić information content (AvgIpc) is 2.61. The lowest BCUT2D eigenvalue weighted by atomic mass is 9.82. The number of para-hydroxylation sites is 1. The average molecular weight is 338 g/mol. The molecule has 1 aliphatic carbocycles. The van der Waals surface area contributed by atoms with Crippen molar-refractivity contribution < 1.29 is 19.4 Å². The van der Waals surface area contributed by atoms with Crippen LogP contribution in [0.15, 0.2) is 42.5 Å². The van der Waals surface area contributed by atoms with Crippen LogP contribution >= 0.6 is 0 Å². The molecular weight excluding hydrogens is 316 g/mol. The molecule has 3 rings (SSSR count). The normalized spacial score (nSPS) is 17.1. The number of aryl methyl sites for hydroxylation is 1. The minimum Gasteiger partial charge on any atom is -0.507 e. The summed E-state index contributed by atoms with van der Waals surface area (Å²) in [5.41, 5.74) is 3.09. The van der Waals surface area contributed by atoms with E-state index in [2.05, 4.69) is 0 Å². The van der Waals surface area contributed by atoms with Crippen LogP contribution in [-0.2, 0) is 17.6 Å². The number of esters is 1. The highest BCUT2D eigenvalue weighted by molar-refractivity contribution is 6.00. The molecule has 0 heterocycles. The molecule has 0 spiro atoms. The number of carbonyl (C=O) groups is 2. The summed E-state index contributed by atoms with van der Waals surface area (Å²) < 4.78 is 4.80. The molecule has 130 valence electrons. The van der Waals surface area contributed by atoms with Crippen LogP contribution in [0.25, 0.3) is 0 Å². The highest BCUT2D eigenvalue weighted by atomic mass is 16.5. The summed E-state index contributed by atoms with van der Waals surface area (Å²) in [6.07, 6.45) is 4.30. The van der Waals surface area contributed by atoms with Gasteiger partial charge in [0.15, 0.2) is 5.78 Å². The van der Waals surface area contributed by atoms with Crippen molar-refractivity contribution in [1.29, 1.82) is 0 Å². The predicted octanol–water partition coefficient (Wildman–Crippen LogP) is 3.95. The van der Waals surface area contributed by atoms with Gasteiger partial charge in [-0.05, 0) is 61.1 Å². The summed E-state index contributed by atoms with van der Waals surface area (Å²) in [7, 11) is 1.36. The molecule has 0 saturated carbocycles. The zero-order chi connectivity index (χ0) is 17.8. The summed E-state index contributed by atoms with van der Waals surface area (Å²) in [6, 6.07) is 12.3. The first-order valence-corrected chi connectivity index (χ1v) is 8.62. The SMILES string of the molecule is COC(=O)c1ccc2c(c1)CC(C(=O)c1ccccc1O)CCCC2. The number of ether oxygens (including phenoxy) is 1. The van der Waals surface area contributed by atoms with E-state index in [1.165, 1.54) is 12.7 Å². The molecule has 0 bridgehead atoms. The highest BCUT2D eigenvalue weighted by Gasteiger charge is 2.25. The van der Waals surface area contributed by atoms with Gasteiger partial charge in [-0.2, -0.15) is 0 Å². The Labute approximate surface area is 147 Å². The van der Waals surface area contributed by atoms with Gasteiger partial charge in [0.1, 0.15) is 5.75 Å². The minimum atomic E-state index is -0.367. The lowest BCUT2D eigenvalue weighted by Gasteiger charge is -2.22. The third-order valence-electron chi connectivity index (χ3n) is 4.88. The van der Waals surface area contributed by atoms with Crippen LogP contribution < -0.4 is 0 Å². The fourth-order valence-corrected chi connectivity index (χ4v) is 3.50. The van der Waals surface area contributed by atoms with Crippen LogP contribution in [0, 0.1) is 5.92 Å². The van der Waals surface area contributed by atoms with Crippen molar-refractivity contribution in [3.05, 3.63) is 64.7 Å². The van der Waals surface area contributed by atoms with E-state index in [0.29, 0.717) is 17.5 Å².